The minimum atomic E-state index is 0.103. The lowest BCUT2D eigenvalue weighted by molar-refractivity contribution is 0.888. The number of fused-ring (bicyclic) bond motifs is 1. The Morgan fingerprint density at radius 2 is 2.00 bits per heavy atom. The van der Waals surface area contributed by atoms with Gasteiger partial charge in [0.05, 0.1) is 0 Å². The molecular weight excluding hydrogens is 212 g/mol. The SMILES string of the molecule is CCCc1cc(=O)c2cc(N(C)C)ccc2[nH]1. The molecule has 0 unspecified atom stereocenters. The maximum Gasteiger partial charge on any atom is 0.189 e. The molecule has 90 valence electrons. The van der Waals surface area contributed by atoms with Crippen molar-refractivity contribution in [3.63, 3.8) is 0 Å². The van der Waals surface area contributed by atoms with Gasteiger partial charge in [-0.1, -0.05) is 13.3 Å². The molecule has 0 amide bonds. The minimum Gasteiger partial charge on any atom is -0.378 e. The van der Waals surface area contributed by atoms with Crippen LogP contribution < -0.4 is 10.3 Å². The number of rotatable bonds is 3. The Kier molecular flexibility index (Phi) is 3.18. The van der Waals surface area contributed by atoms with Crippen LogP contribution in [-0.2, 0) is 6.42 Å². The Morgan fingerprint density at radius 1 is 1.24 bits per heavy atom. The van der Waals surface area contributed by atoms with Gasteiger partial charge >= 0.3 is 0 Å². The number of hydrogen-bond acceptors (Lipinski definition) is 2. The van der Waals surface area contributed by atoms with Gasteiger partial charge in [0.25, 0.3) is 0 Å². The number of benzene rings is 1. The molecule has 0 radical (unpaired) electrons. The van der Waals surface area contributed by atoms with Crippen LogP contribution in [0.15, 0.2) is 29.1 Å². The first-order valence-corrected chi connectivity index (χ1v) is 5.95. The predicted molar refractivity (Wildman–Crippen MR) is 72.9 cm³/mol. The van der Waals surface area contributed by atoms with E-state index in [1.54, 1.807) is 6.07 Å². The Morgan fingerprint density at radius 3 is 2.65 bits per heavy atom. The van der Waals surface area contributed by atoms with E-state index in [9.17, 15) is 4.79 Å². The highest BCUT2D eigenvalue weighted by atomic mass is 16.1. The van der Waals surface area contributed by atoms with E-state index < -0.39 is 0 Å². The summed E-state index contributed by atoms with van der Waals surface area (Å²) in [5, 5.41) is 0.760. The summed E-state index contributed by atoms with van der Waals surface area (Å²) in [4.78, 5) is 17.3. The maximum atomic E-state index is 12.0. The van der Waals surface area contributed by atoms with Crippen molar-refractivity contribution in [2.75, 3.05) is 19.0 Å². The van der Waals surface area contributed by atoms with E-state index in [4.69, 9.17) is 0 Å². The van der Waals surface area contributed by atoms with Crippen LogP contribution >= 0.6 is 0 Å². The Bertz CT molecular complexity index is 584. The summed E-state index contributed by atoms with van der Waals surface area (Å²) in [6.45, 7) is 2.11. The van der Waals surface area contributed by atoms with Gasteiger partial charge in [0, 0.05) is 42.4 Å². The molecule has 1 aromatic carbocycles. The van der Waals surface area contributed by atoms with E-state index in [-0.39, 0.29) is 5.43 Å². The van der Waals surface area contributed by atoms with Crippen LogP contribution in [0.4, 0.5) is 5.69 Å². The summed E-state index contributed by atoms with van der Waals surface area (Å²) in [5.74, 6) is 0. The van der Waals surface area contributed by atoms with Crippen LogP contribution in [0.5, 0.6) is 0 Å². The number of anilines is 1. The van der Waals surface area contributed by atoms with E-state index in [0.29, 0.717) is 0 Å². The van der Waals surface area contributed by atoms with Gasteiger partial charge in [0.15, 0.2) is 5.43 Å². The summed E-state index contributed by atoms with van der Waals surface area (Å²) in [6, 6.07) is 7.65. The predicted octanol–water partition coefficient (Wildman–Crippen LogP) is 2.55. The smallest absolute Gasteiger partial charge is 0.189 e. The van der Waals surface area contributed by atoms with Crippen LogP contribution in [0.3, 0.4) is 0 Å². The zero-order valence-corrected chi connectivity index (χ0v) is 10.6. The number of pyridine rings is 1. The minimum absolute atomic E-state index is 0.103. The topological polar surface area (TPSA) is 36.1 Å². The molecule has 0 atom stereocenters. The Balaban J connectivity index is 2.60. The van der Waals surface area contributed by atoms with E-state index in [0.717, 1.165) is 35.1 Å². The van der Waals surface area contributed by atoms with Gasteiger partial charge in [-0.25, -0.2) is 0 Å². The highest BCUT2D eigenvalue weighted by molar-refractivity contribution is 5.82. The molecule has 0 aliphatic carbocycles. The molecule has 1 aromatic heterocycles. The molecule has 0 aliphatic rings. The first-order chi connectivity index (χ1) is 8.11. The number of aromatic amines is 1. The molecule has 0 fully saturated rings. The van der Waals surface area contributed by atoms with Crippen molar-refractivity contribution >= 4 is 16.6 Å². The van der Waals surface area contributed by atoms with Crippen molar-refractivity contribution < 1.29 is 0 Å². The molecule has 1 heterocycles. The highest BCUT2D eigenvalue weighted by Crippen LogP contribution is 2.17. The van der Waals surface area contributed by atoms with Crippen molar-refractivity contribution in [2.24, 2.45) is 0 Å². The van der Waals surface area contributed by atoms with Crippen LogP contribution in [0.2, 0.25) is 0 Å². The second-order valence-electron chi connectivity index (χ2n) is 4.53. The molecule has 2 rings (SSSR count). The second kappa shape index (κ2) is 4.62. The number of H-pyrrole nitrogens is 1. The highest BCUT2D eigenvalue weighted by Gasteiger charge is 2.04. The molecule has 0 spiro atoms. The van der Waals surface area contributed by atoms with Gasteiger partial charge in [-0.05, 0) is 24.6 Å². The van der Waals surface area contributed by atoms with Crippen LogP contribution in [0.25, 0.3) is 10.9 Å². The van der Waals surface area contributed by atoms with Gasteiger partial charge in [-0.3, -0.25) is 4.79 Å². The van der Waals surface area contributed by atoms with Crippen LogP contribution in [-0.4, -0.2) is 19.1 Å². The average molecular weight is 230 g/mol. The first kappa shape index (κ1) is 11.7. The van der Waals surface area contributed by atoms with Gasteiger partial charge in [0.2, 0.25) is 0 Å². The van der Waals surface area contributed by atoms with Crippen molar-refractivity contribution in [1.82, 2.24) is 4.98 Å². The zero-order chi connectivity index (χ0) is 12.4. The molecule has 0 bridgehead atoms. The van der Waals surface area contributed by atoms with Gasteiger partial charge in [-0.2, -0.15) is 0 Å². The van der Waals surface area contributed by atoms with Crippen LogP contribution in [0.1, 0.15) is 19.0 Å². The lowest BCUT2D eigenvalue weighted by Crippen LogP contribution is -2.10. The van der Waals surface area contributed by atoms with Crippen molar-refractivity contribution in [3.05, 3.63) is 40.2 Å². The summed E-state index contributed by atoms with van der Waals surface area (Å²) in [6.07, 6.45) is 1.96. The zero-order valence-electron chi connectivity index (χ0n) is 10.6. The van der Waals surface area contributed by atoms with E-state index >= 15 is 0 Å². The summed E-state index contributed by atoms with van der Waals surface area (Å²) >= 11 is 0. The maximum absolute atomic E-state index is 12.0. The quantitative estimate of drug-likeness (QED) is 0.879. The Hall–Kier alpha value is -1.77. The molecule has 3 nitrogen and oxygen atoms in total. The molecule has 3 heteroatoms. The summed E-state index contributed by atoms with van der Waals surface area (Å²) in [5.41, 5.74) is 3.09. The molecule has 2 aromatic rings. The second-order valence-corrected chi connectivity index (χ2v) is 4.53. The monoisotopic (exact) mass is 230 g/mol. The van der Waals surface area contributed by atoms with Gasteiger partial charge in [0.1, 0.15) is 0 Å². The molecule has 17 heavy (non-hydrogen) atoms. The standard InChI is InChI=1S/C14H18N2O/c1-4-5-10-8-14(17)12-9-11(16(2)3)6-7-13(12)15-10/h6-9H,4-5H2,1-3H3,(H,15,17). The van der Waals surface area contributed by atoms with Crippen molar-refractivity contribution in [1.29, 1.82) is 0 Å². The number of nitrogens with one attached hydrogen (secondary N) is 1. The normalized spacial score (nSPS) is 10.8. The van der Waals surface area contributed by atoms with E-state index in [1.165, 1.54) is 0 Å². The Labute approximate surface area is 101 Å². The molecule has 0 aliphatic heterocycles. The fourth-order valence-corrected chi connectivity index (χ4v) is 1.97. The third-order valence-electron chi connectivity index (χ3n) is 2.90. The van der Waals surface area contributed by atoms with Crippen molar-refractivity contribution in [2.45, 2.75) is 19.8 Å². The number of hydrogen-bond donors (Lipinski definition) is 1. The van der Waals surface area contributed by atoms with E-state index in [2.05, 4.69) is 11.9 Å². The average Bonchev–Trinajstić information content (AvgIpc) is 2.29. The summed E-state index contributed by atoms with van der Waals surface area (Å²) < 4.78 is 0. The lowest BCUT2D eigenvalue weighted by atomic mass is 10.1. The lowest BCUT2D eigenvalue weighted by Gasteiger charge is -2.13. The van der Waals surface area contributed by atoms with Crippen molar-refractivity contribution in [3.8, 4) is 0 Å². The van der Waals surface area contributed by atoms with E-state index in [1.807, 2.05) is 37.2 Å². The molecule has 1 N–H and O–H groups in total. The van der Waals surface area contributed by atoms with Crippen LogP contribution in [0, 0.1) is 0 Å². The summed E-state index contributed by atoms with van der Waals surface area (Å²) in [7, 11) is 3.95. The first-order valence-electron chi connectivity index (χ1n) is 5.95. The third-order valence-corrected chi connectivity index (χ3v) is 2.90. The van der Waals surface area contributed by atoms with Gasteiger partial charge < -0.3 is 9.88 Å². The fourth-order valence-electron chi connectivity index (χ4n) is 1.97. The largest absolute Gasteiger partial charge is 0.378 e. The third kappa shape index (κ3) is 2.33. The van der Waals surface area contributed by atoms with Gasteiger partial charge in [-0.15, -0.1) is 0 Å². The molecular formula is C14H18N2O. The molecule has 0 saturated heterocycles. The number of aryl methyl sites for hydroxylation is 1. The molecule has 0 saturated carbocycles. The number of nitrogens with zero attached hydrogens (tertiary/aromatic N) is 1. The number of aromatic nitrogens is 1. The fraction of sp³-hybridized carbons (Fsp3) is 0.357.